The number of hydrogen-bond acceptors (Lipinski definition) is 5. The van der Waals surface area contributed by atoms with Gasteiger partial charge in [0, 0.05) is 17.1 Å². The van der Waals surface area contributed by atoms with Crippen molar-refractivity contribution in [3.63, 3.8) is 0 Å². The highest BCUT2D eigenvalue weighted by molar-refractivity contribution is 9.10. The normalized spacial score (nSPS) is 18.1. The van der Waals surface area contributed by atoms with Gasteiger partial charge in [-0.15, -0.1) is 11.8 Å². The van der Waals surface area contributed by atoms with E-state index in [2.05, 4.69) is 21.2 Å². The summed E-state index contributed by atoms with van der Waals surface area (Å²) in [6.45, 7) is 0. The Hall–Kier alpha value is -1.21. The number of halogens is 1. The Morgan fingerprint density at radius 1 is 1.56 bits per heavy atom. The summed E-state index contributed by atoms with van der Waals surface area (Å²) in [6.07, 6.45) is 1.84. The van der Waals surface area contributed by atoms with Crippen LogP contribution in [0, 0.1) is 10.1 Å². The maximum Gasteiger partial charge on any atom is 0.322 e. The van der Waals surface area contributed by atoms with Crippen LogP contribution in [-0.4, -0.2) is 18.2 Å². The predicted molar refractivity (Wildman–Crippen MR) is 74.1 cm³/mol. The van der Waals surface area contributed by atoms with Crippen molar-refractivity contribution < 1.29 is 9.66 Å². The van der Waals surface area contributed by atoms with E-state index in [1.165, 1.54) is 11.8 Å². The molecule has 0 amide bonds. The maximum atomic E-state index is 11.2. The van der Waals surface area contributed by atoms with Crippen LogP contribution in [0.3, 0.4) is 0 Å². The van der Waals surface area contributed by atoms with Gasteiger partial charge in [-0.2, -0.15) is 0 Å². The van der Waals surface area contributed by atoms with Crippen molar-refractivity contribution in [2.75, 3.05) is 13.3 Å². The van der Waals surface area contributed by atoms with E-state index in [-0.39, 0.29) is 16.8 Å². The van der Waals surface area contributed by atoms with E-state index in [1.54, 1.807) is 13.1 Å². The molecule has 0 radical (unpaired) electrons. The summed E-state index contributed by atoms with van der Waals surface area (Å²) < 4.78 is 6.41. The van der Waals surface area contributed by atoms with Gasteiger partial charge in [-0.25, -0.2) is 0 Å². The second-order valence-electron chi connectivity index (χ2n) is 3.62. The van der Waals surface area contributed by atoms with Crippen molar-refractivity contribution in [1.82, 2.24) is 5.32 Å². The molecule has 1 aliphatic rings. The lowest BCUT2D eigenvalue weighted by atomic mass is 10.1. The van der Waals surface area contributed by atoms with Crippen LogP contribution < -0.4 is 10.1 Å². The molecule has 0 saturated heterocycles. The number of nitrogens with zero attached hydrogens (tertiary/aromatic N) is 1. The molecule has 5 nitrogen and oxygen atoms in total. The third kappa shape index (κ3) is 2.20. The van der Waals surface area contributed by atoms with Gasteiger partial charge < -0.3 is 10.1 Å². The molecule has 0 saturated carbocycles. The molecule has 0 bridgehead atoms. The molecular weight excluding hydrogens is 320 g/mol. The summed E-state index contributed by atoms with van der Waals surface area (Å²) >= 11 is 4.78. The van der Waals surface area contributed by atoms with Crippen molar-refractivity contribution in [3.8, 4) is 5.75 Å². The summed E-state index contributed by atoms with van der Waals surface area (Å²) in [6, 6.07) is 5.50. The molecular formula is C11H11BrN2O3S. The van der Waals surface area contributed by atoms with Gasteiger partial charge in [-0.05, 0) is 24.5 Å². The fourth-order valence-corrected chi connectivity index (χ4v) is 3.08. The Morgan fingerprint density at radius 3 is 2.83 bits per heavy atom. The number of nitrogens with one attached hydrogen (secondary N) is 1. The minimum Gasteiger partial charge on any atom is -0.435 e. The smallest absolute Gasteiger partial charge is 0.322 e. The van der Waals surface area contributed by atoms with Gasteiger partial charge in [0.2, 0.25) is 0 Å². The molecule has 1 unspecified atom stereocenters. The second-order valence-corrected chi connectivity index (χ2v) is 5.48. The first-order chi connectivity index (χ1) is 8.58. The lowest BCUT2D eigenvalue weighted by Crippen LogP contribution is -2.26. The molecule has 0 fully saturated rings. The number of thioether (sulfide) groups is 1. The van der Waals surface area contributed by atoms with Crippen molar-refractivity contribution in [2.45, 2.75) is 5.25 Å². The third-order valence-corrected chi connectivity index (χ3v) is 4.05. The standard InChI is InChI=1S/C11H11BrN2O3S/c1-13-11-9(14(15)16)10(18-2)7-5-6(12)3-4-8(7)17-11/h3-5,10,13H,1-2H3. The van der Waals surface area contributed by atoms with Gasteiger partial charge in [-0.1, -0.05) is 15.9 Å². The quantitative estimate of drug-likeness (QED) is 0.681. The van der Waals surface area contributed by atoms with Crippen LogP contribution in [0.5, 0.6) is 5.75 Å². The van der Waals surface area contributed by atoms with Crippen LogP contribution in [0.15, 0.2) is 34.3 Å². The van der Waals surface area contributed by atoms with E-state index >= 15 is 0 Å². The zero-order valence-electron chi connectivity index (χ0n) is 9.77. The highest BCUT2D eigenvalue weighted by Crippen LogP contribution is 2.45. The number of rotatable bonds is 3. The number of fused-ring (bicyclic) bond motifs is 1. The zero-order chi connectivity index (χ0) is 13.3. The van der Waals surface area contributed by atoms with Crippen molar-refractivity contribution in [1.29, 1.82) is 0 Å². The first-order valence-electron chi connectivity index (χ1n) is 5.15. The maximum absolute atomic E-state index is 11.2. The fraction of sp³-hybridized carbons (Fsp3) is 0.273. The van der Waals surface area contributed by atoms with Crippen molar-refractivity contribution in [3.05, 3.63) is 49.9 Å². The number of nitro groups is 1. The molecule has 1 heterocycles. The zero-order valence-corrected chi connectivity index (χ0v) is 12.2. The van der Waals surface area contributed by atoms with Crippen LogP contribution in [-0.2, 0) is 0 Å². The van der Waals surface area contributed by atoms with Crippen LogP contribution >= 0.6 is 27.7 Å². The number of ether oxygens (including phenoxy) is 1. The lowest BCUT2D eigenvalue weighted by molar-refractivity contribution is -0.431. The summed E-state index contributed by atoms with van der Waals surface area (Å²) in [4.78, 5) is 10.8. The molecule has 0 spiro atoms. The molecule has 1 aromatic carbocycles. The highest BCUT2D eigenvalue weighted by Gasteiger charge is 2.37. The molecule has 0 aromatic heterocycles. The van der Waals surface area contributed by atoms with E-state index < -0.39 is 4.92 Å². The van der Waals surface area contributed by atoms with Crippen molar-refractivity contribution >= 4 is 27.7 Å². The topological polar surface area (TPSA) is 64.4 Å². The van der Waals surface area contributed by atoms with Crippen LogP contribution in [0.1, 0.15) is 10.8 Å². The van der Waals surface area contributed by atoms with Gasteiger partial charge in [-0.3, -0.25) is 10.1 Å². The SMILES string of the molecule is CNC1=C([N+](=O)[O-])C(SC)c2cc(Br)ccc2O1. The number of benzene rings is 1. The monoisotopic (exact) mass is 330 g/mol. The Bertz CT molecular complexity index is 533. The van der Waals surface area contributed by atoms with E-state index in [9.17, 15) is 10.1 Å². The van der Waals surface area contributed by atoms with Gasteiger partial charge >= 0.3 is 5.70 Å². The van der Waals surface area contributed by atoms with Crippen LogP contribution in [0.25, 0.3) is 0 Å². The van der Waals surface area contributed by atoms with Gasteiger partial charge in [0.1, 0.15) is 11.0 Å². The molecule has 1 N–H and O–H groups in total. The molecule has 18 heavy (non-hydrogen) atoms. The minimum atomic E-state index is -0.392. The Balaban J connectivity index is 2.59. The Kier molecular flexibility index (Phi) is 3.82. The molecule has 1 atom stereocenters. The molecule has 2 rings (SSSR count). The summed E-state index contributed by atoms with van der Waals surface area (Å²) in [5.41, 5.74) is 0.859. The average molecular weight is 331 g/mol. The second kappa shape index (κ2) is 5.19. The van der Waals surface area contributed by atoms with Crippen LogP contribution in [0.4, 0.5) is 0 Å². The molecule has 0 aliphatic carbocycles. The fourth-order valence-electron chi connectivity index (χ4n) is 1.84. The van der Waals surface area contributed by atoms with E-state index in [1.807, 2.05) is 18.4 Å². The summed E-state index contributed by atoms with van der Waals surface area (Å²) in [5.74, 6) is 0.849. The molecule has 1 aliphatic heterocycles. The molecule has 7 heteroatoms. The Labute approximate surface area is 117 Å². The van der Waals surface area contributed by atoms with E-state index in [0.29, 0.717) is 5.75 Å². The predicted octanol–water partition coefficient (Wildman–Crippen LogP) is 2.91. The van der Waals surface area contributed by atoms with Crippen molar-refractivity contribution in [2.24, 2.45) is 0 Å². The Morgan fingerprint density at radius 2 is 2.28 bits per heavy atom. The summed E-state index contributed by atoms with van der Waals surface area (Å²) in [7, 11) is 1.61. The summed E-state index contributed by atoms with van der Waals surface area (Å²) in [5, 5.41) is 13.6. The van der Waals surface area contributed by atoms with Gasteiger partial charge in [0.05, 0.1) is 4.92 Å². The first kappa shape index (κ1) is 13.2. The molecule has 96 valence electrons. The average Bonchev–Trinajstić information content (AvgIpc) is 2.36. The largest absolute Gasteiger partial charge is 0.435 e. The van der Waals surface area contributed by atoms with Gasteiger partial charge in [0.25, 0.3) is 5.88 Å². The first-order valence-corrected chi connectivity index (χ1v) is 7.23. The van der Waals surface area contributed by atoms with Crippen LogP contribution in [0.2, 0.25) is 0 Å². The van der Waals surface area contributed by atoms with Gasteiger partial charge in [0.15, 0.2) is 0 Å². The lowest BCUT2D eigenvalue weighted by Gasteiger charge is -2.24. The molecule has 1 aromatic rings. The van der Waals surface area contributed by atoms with E-state index in [4.69, 9.17) is 4.74 Å². The minimum absolute atomic E-state index is 0.0515. The number of hydrogen-bond donors (Lipinski definition) is 1. The highest BCUT2D eigenvalue weighted by atomic mass is 79.9. The van der Waals surface area contributed by atoms with E-state index in [0.717, 1.165) is 10.0 Å². The third-order valence-electron chi connectivity index (χ3n) is 2.61.